The Kier molecular flexibility index (Phi) is 4.94. The van der Waals surface area contributed by atoms with Crippen LogP contribution in [0, 0.1) is 5.92 Å². The largest absolute Gasteiger partial charge is 0.497 e. The first kappa shape index (κ1) is 19.3. The number of methoxy groups -OCH3 is 1. The fraction of sp³-hybridized carbons (Fsp3) is 0.333. The second kappa shape index (κ2) is 7.42. The molecule has 1 aromatic carbocycles. The van der Waals surface area contributed by atoms with Crippen LogP contribution in [0.4, 0.5) is 13.2 Å². The van der Waals surface area contributed by atoms with Gasteiger partial charge >= 0.3 is 6.18 Å². The summed E-state index contributed by atoms with van der Waals surface area (Å²) < 4.78 is 45.6. The number of fused-ring (bicyclic) bond motifs is 1. The summed E-state index contributed by atoms with van der Waals surface area (Å²) in [6.07, 6.45) is -0.958. The van der Waals surface area contributed by atoms with Crippen molar-refractivity contribution in [2.45, 2.75) is 19.0 Å². The van der Waals surface area contributed by atoms with Gasteiger partial charge in [0.1, 0.15) is 11.4 Å². The van der Waals surface area contributed by atoms with E-state index in [1.807, 2.05) is 41.1 Å². The topological polar surface area (TPSA) is 47.4 Å². The van der Waals surface area contributed by atoms with Gasteiger partial charge in [0.25, 0.3) is 5.91 Å². The van der Waals surface area contributed by atoms with Crippen molar-refractivity contribution >= 4 is 16.9 Å². The van der Waals surface area contributed by atoms with Crippen LogP contribution in [-0.4, -0.2) is 46.7 Å². The van der Waals surface area contributed by atoms with E-state index in [0.29, 0.717) is 11.2 Å². The number of ether oxygens (including phenoxy) is 1. The van der Waals surface area contributed by atoms with E-state index >= 15 is 0 Å². The first-order valence-electron chi connectivity index (χ1n) is 9.34. The molecule has 1 aliphatic heterocycles. The lowest BCUT2D eigenvalue weighted by Gasteiger charge is -2.32. The fourth-order valence-electron chi connectivity index (χ4n) is 3.68. The number of hydrogen-bond donors (Lipinski definition) is 0. The van der Waals surface area contributed by atoms with Gasteiger partial charge in [-0.3, -0.25) is 4.79 Å². The van der Waals surface area contributed by atoms with E-state index in [0.717, 1.165) is 16.8 Å². The van der Waals surface area contributed by atoms with Crippen molar-refractivity contribution < 1.29 is 22.7 Å². The molecule has 0 N–H and O–H groups in total. The molecule has 3 aromatic rings. The second-order valence-corrected chi connectivity index (χ2v) is 7.13. The zero-order chi connectivity index (χ0) is 20.6. The number of carbonyl (C=O) groups is 1. The molecule has 5 nitrogen and oxygen atoms in total. The molecule has 1 fully saturated rings. The minimum atomic E-state index is -4.19. The lowest BCUT2D eigenvalue weighted by atomic mass is 9.96. The number of halogens is 3. The molecular formula is C21H20F3N3O2. The van der Waals surface area contributed by atoms with Gasteiger partial charge in [-0.05, 0) is 49.2 Å². The number of amides is 1. The lowest BCUT2D eigenvalue weighted by Crippen LogP contribution is -2.42. The van der Waals surface area contributed by atoms with Crippen LogP contribution in [0.2, 0.25) is 0 Å². The van der Waals surface area contributed by atoms with Gasteiger partial charge in [-0.1, -0.05) is 0 Å². The Hall–Kier alpha value is -3.03. The molecule has 152 valence electrons. The third-order valence-electron chi connectivity index (χ3n) is 5.37. The maximum Gasteiger partial charge on any atom is 0.391 e. The van der Waals surface area contributed by atoms with E-state index in [1.165, 1.54) is 11.1 Å². The van der Waals surface area contributed by atoms with E-state index in [9.17, 15) is 18.0 Å². The Morgan fingerprint density at radius 3 is 2.45 bits per heavy atom. The Bertz CT molecular complexity index is 1020. The molecule has 0 spiro atoms. The smallest absolute Gasteiger partial charge is 0.391 e. The summed E-state index contributed by atoms with van der Waals surface area (Å²) in [6.45, 7) is 0.210. The van der Waals surface area contributed by atoms with Crippen LogP contribution in [0.25, 0.3) is 16.7 Å². The van der Waals surface area contributed by atoms with Crippen molar-refractivity contribution in [1.29, 1.82) is 0 Å². The molecule has 0 unspecified atom stereocenters. The number of alkyl halides is 3. The summed E-state index contributed by atoms with van der Waals surface area (Å²) in [5.74, 6) is -0.858. The molecule has 2 aromatic heterocycles. The summed E-state index contributed by atoms with van der Waals surface area (Å²) in [4.78, 5) is 18.6. The molecule has 0 saturated carbocycles. The predicted molar refractivity (Wildman–Crippen MR) is 102 cm³/mol. The SMILES string of the molecule is COc1ccc(-n2ccc3cc(C(=O)N4CCC(C(F)(F)F)CC4)cnc32)cc1. The highest BCUT2D eigenvalue weighted by atomic mass is 19.4. The van der Waals surface area contributed by atoms with Crippen LogP contribution in [0.15, 0.2) is 48.8 Å². The highest BCUT2D eigenvalue weighted by molar-refractivity contribution is 5.97. The summed E-state index contributed by atoms with van der Waals surface area (Å²) in [5.41, 5.74) is 1.99. The predicted octanol–water partition coefficient (Wildman–Crippen LogP) is 4.45. The van der Waals surface area contributed by atoms with Gasteiger partial charge in [-0.25, -0.2) is 4.98 Å². The normalized spacial score (nSPS) is 15.7. The van der Waals surface area contributed by atoms with Crippen molar-refractivity contribution in [1.82, 2.24) is 14.5 Å². The van der Waals surface area contributed by atoms with Crippen LogP contribution in [0.3, 0.4) is 0 Å². The van der Waals surface area contributed by atoms with E-state index in [-0.39, 0.29) is 31.8 Å². The van der Waals surface area contributed by atoms with Gasteiger partial charge < -0.3 is 14.2 Å². The summed E-state index contributed by atoms with van der Waals surface area (Å²) in [5, 5.41) is 0.789. The van der Waals surface area contributed by atoms with Gasteiger partial charge in [-0.15, -0.1) is 0 Å². The zero-order valence-electron chi connectivity index (χ0n) is 15.8. The minimum absolute atomic E-state index is 0.0568. The molecule has 1 saturated heterocycles. The van der Waals surface area contributed by atoms with Gasteiger partial charge in [0.15, 0.2) is 0 Å². The number of pyridine rings is 1. The Morgan fingerprint density at radius 1 is 1.14 bits per heavy atom. The number of carbonyl (C=O) groups excluding carboxylic acids is 1. The van der Waals surface area contributed by atoms with Crippen molar-refractivity contribution in [3.8, 4) is 11.4 Å². The number of aromatic nitrogens is 2. The van der Waals surface area contributed by atoms with Crippen molar-refractivity contribution in [2.24, 2.45) is 5.92 Å². The van der Waals surface area contributed by atoms with Crippen LogP contribution < -0.4 is 4.74 Å². The number of hydrogen-bond acceptors (Lipinski definition) is 3. The number of likely N-dealkylation sites (tertiary alicyclic amines) is 1. The summed E-state index contributed by atoms with van der Waals surface area (Å²) in [7, 11) is 1.60. The maximum atomic E-state index is 12.8. The molecule has 3 heterocycles. The van der Waals surface area contributed by atoms with Gasteiger partial charge in [0, 0.05) is 36.6 Å². The van der Waals surface area contributed by atoms with Crippen molar-refractivity contribution in [3.63, 3.8) is 0 Å². The van der Waals surface area contributed by atoms with Crippen LogP contribution >= 0.6 is 0 Å². The highest BCUT2D eigenvalue weighted by Crippen LogP contribution is 2.34. The minimum Gasteiger partial charge on any atom is -0.497 e. The molecule has 1 aliphatic rings. The molecule has 0 bridgehead atoms. The molecule has 0 radical (unpaired) electrons. The summed E-state index contributed by atoms with van der Waals surface area (Å²) in [6, 6.07) is 11.1. The fourth-order valence-corrected chi connectivity index (χ4v) is 3.68. The lowest BCUT2D eigenvalue weighted by molar-refractivity contribution is -0.183. The third kappa shape index (κ3) is 3.79. The summed E-state index contributed by atoms with van der Waals surface area (Å²) >= 11 is 0. The number of benzene rings is 1. The average Bonchev–Trinajstić information content (AvgIpc) is 3.16. The Morgan fingerprint density at radius 2 is 1.83 bits per heavy atom. The van der Waals surface area contributed by atoms with Crippen LogP contribution in [0.1, 0.15) is 23.2 Å². The Balaban J connectivity index is 1.53. The van der Waals surface area contributed by atoms with Gasteiger partial charge in [-0.2, -0.15) is 13.2 Å². The van der Waals surface area contributed by atoms with E-state index in [4.69, 9.17) is 4.74 Å². The molecule has 0 atom stereocenters. The molecule has 4 rings (SSSR count). The molecule has 8 heteroatoms. The number of rotatable bonds is 3. The van der Waals surface area contributed by atoms with Crippen molar-refractivity contribution in [3.05, 3.63) is 54.4 Å². The number of nitrogens with zero attached hydrogens (tertiary/aromatic N) is 3. The third-order valence-corrected chi connectivity index (χ3v) is 5.37. The molecule has 29 heavy (non-hydrogen) atoms. The Labute approximate surface area is 165 Å². The average molecular weight is 403 g/mol. The highest BCUT2D eigenvalue weighted by Gasteiger charge is 2.41. The maximum absolute atomic E-state index is 12.8. The van der Waals surface area contributed by atoms with E-state index in [2.05, 4.69) is 4.98 Å². The van der Waals surface area contributed by atoms with Gasteiger partial charge in [0.05, 0.1) is 18.6 Å². The monoisotopic (exact) mass is 403 g/mol. The van der Waals surface area contributed by atoms with Gasteiger partial charge in [0.2, 0.25) is 0 Å². The van der Waals surface area contributed by atoms with E-state index < -0.39 is 12.1 Å². The molecule has 1 amide bonds. The first-order chi connectivity index (χ1) is 13.9. The van der Waals surface area contributed by atoms with Crippen LogP contribution in [0.5, 0.6) is 5.75 Å². The second-order valence-electron chi connectivity index (χ2n) is 7.13. The van der Waals surface area contributed by atoms with Crippen LogP contribution in [-0.2, 0) is 0 Å². The van der Waals surface area contributed by atoms with Crippen molar-refractivity contribution in [2.75, 3.05) is 20.2 Å². The number of piperidine rings is 1. The standard InChI is InChI=1S/C21H20F3N3O2/c1-29-18-4-2-17(3-5-18)27-11-6-14-12-15(13-25-19(14)27)20(28)26-9-7-16(8-10-26)21(22,23)24/h2-6,11-13,16H,7-10H2,1H3. The quantitative estimate of drug-likeness (QED) is 0.649. The van der Waals surface area contributed by atoms with E-state index in [1.54, 1.807) is 13.2 Å². The first-order valence-corrected chi connectivity index (χ1v) is 9.34. The molecular weight excluding hydrogens is 383 g/mol. The zero-order valence-corrected chi connectivity index (χ0v) is 15.8. The molecule has 0 aliphatic carbocycles.